The molecule has 140 valence electrons. The number of hydrogen-bond donors (Lipinski definition) is 1. The summed E-state index contributed by atoms with van der Waals surface area (Å²) in [5, 5.41) is 7.39. The van der Waals surface area contributed by atoms with Crippen molar-refractivity contribution >= 4 is 17.5 Å². The van der Waals surface area contributed by atoms with E-state index >= 15 is 0 Å². The summed E-state index contributed by atoms with van der Waals surface area (Å²) in [6.45, 7) is 0.360. The minimum Gasteiger partial charge on any atom is -0.352 e. The highest BCUT2D eigenvalue weighted by atomic mass is 35.5. The highest BCUT2D eigenvalue weighted by molar-refractivity contribution is 6.30. The largest absolute Gasteiger partial charge is 0.352 e. The van der Waals surface area contributed by atoms with E-state index in [4.69, 9.17) is 16.1 Å². The number of amides is 1. The summed E-state index contributed by atoms with van der Waals surface area (Å²) in [6, 6.07) is 10.6. The monoisotopic (exact) mass is 394 g/mol. The first-order valence-corrected chi connectivity index (χ1v) is 8.88. The summed E-state index contributed by atoms with van der Waals surface area (Å²) in [5.74, 6) is 1.30. The van der Waals surface area contributed by atoms with E-state index in [1.165, 1.54) is 0 Å². The Kier molecular flexibility index (Phi) is 5.11. The average Bonchev–Trinajstić information content (AvgIpc) is 3.40. The van der Waals surface area contributed by atoms with Crippen LogP contribution in [0, 0.1) is 0 Å². The highest BCUT2D eigenvalue weighted by Crippen LogP contribution is 2.19. The van der Waals surface area contributed by atoms with Gasteiger partial charge in [-0.05, 0) is 24.3 Å². The van der Waals surface area contributed by atoms with Crippen LogP contribution < -0.4 is 5.32 Å². The van der Waals surface area contributed by atoms with E-state index in [9.17, 15) is 4.79 Å². The number of rotatable bonds is 6. The van der Waals surface area contributed by atoms with Gasteiger partial charge in [-0.1, -0.05) is 28.9 Å². The Morgan fingerprint density at radius 1 is 1.21 bits per heavy atom. The third-order valence-corrected chi connectivity index (χ3v) is 4.19. The van der Waals surface area contributed by atoms with Crippen LogP contribution in [0.1, 0.15) is 16.2 Å². The van der Waals surface area contributed by atoms with Gasteiger partial charge in [-0.3, -0.25) is 9.36 Å². The quantitative estimate of drug-likeness (QED) is 0.539. The number of aromatic nitrogens is 5. The first-order valence-electron chi connectivity index (χ1n) is 8.50. The molecule has 28 heavy (non-hydrogen) atoms. The normalized spacial score (nSPS) is 10.8. The molecule has 0 saturated heterocycles. The lowest BCUT2D eigenvalue weighted by Crippen LogP contribution is -2.26. The molecule has 0 saturated carbocycles. The molecule has 4 aromatic rings. The van der Waals surface area contributed by atoms with Crippen molar-refractivity contribution in [2.45, 2.75) is 6.42 Å². The summed E-state index contributed by atoms with van der Waals surface area (Å²) in [7, 11) is 0. The third kappa shape index (κ3) is 4.07. The fourth-order valence-corrected chi connectivity index (χ4v) is 2.77. The fourth-order valence-electron chi connectivity index (χ4n) is 2.58. The molecule has 1 amide bonds. The van der Waals surface area contributed by atoms with Gasteiger partial charge in [0.15, 0.2) is 0 Å². The third-order valence-electron chi connectivity index (χ3n) is 3.95. The molecule has 0 aliphatic rings. The molecule has 0 unspecified atom stereocenters. The molecule has 0 radical (unpaired) electrons. The van der Waals surface area contributed by atoms with Crippen molar-refractivity contribution in [3.8, 4) is 17.2 Å². The van der Waals surface area contributed by atoms with Crippen LogP contribution in [-0.4, -0.2) is 37.1 Å². The van der Waals surface area contributed by atoms with Crippen LogP contribution in [0.4, 0.5) is 0 Å². The zero-order valence-corrected chi connectivity index (χ0v) is 15.4. The SMILES string of the molecule is O=C(NCCc1nc(-c2cccc(Cl)c2)no1)c1ccnc(-n2ccnc2)c1. The molecular weight excluding hydrogens is 380 g/mol. The Hall–Kier alpha value is -3.52. The minimum absolute atomic E-state index is 0.210. The molecule has 0 fully saturated rings. The van der Waals surface area contributed by atoms with E-state index in [1.807, 2.05) is 12.1 Å². The molecule has 4 rings (SSSR count). The van der Waals surface area contributed by atoms with E-state index < -0.39 is 0 Å². The van der Waals surface area contributed by atoms with Gasteiger partial charge < -0.3 is 9.84 Å². The van der Waals surface area contributed by atoms with E-state index in [1.54, 1.807) is 53.8 Å². The van der Waals surface area contributed by atoms with Gasteiger partial charge in [0, 0.05) is 47.7 Å². The summed E-state index contributed by atoms with van der Waals surface area (Å²) in [4.78, 5) is 24.9. The number of halogens is 1. The Bertz CT molecular complexity index is 1090. The Balaban J connectivity index is 1.36. The van der Waals surface area contributed by atoms with Crippen LogP contribution in [0.2, 0.25) is 5.02 Å². The molecule has 0 atom stereocenters. The molecule has 3 heterocycles. The molecule has 0 aliphatic heterocycles. The van der Waals surface area contributed by atoms with Crippen LogP contribution in [0.3, 0.4) is 0 Å². The summed E-state index contributed by atoms with van der Waals surface area (Å²) in [5.41, 5.74) is 1.28. The summed E-state index contributed by atoms with van der Waals surface area (Å²) >= 11 is 5.98. The zero-order chi connectivity index (χ0) is 19.3. The van der Waals surface area contributed by atoms with Gasteiger partial charge in [-0.15, -0.1) is 0 Å². The van der Waals surface area contributed by atoms with E-state index in [2.05, 4.69) is 25.4 Å². The van der Waals surface area contributed by atoms with Gasteiger partial charge in [-0.25, -0.2) is 9.97 Å². The lowest BCUT2D eigenvalue weighted by Gasteiger charge is -2.06. The lowest BCUT2D eigenvalue weighted by atomic mass is 10.2. The van der Waals surface area contributed by atoms with E-state index in [0.29, 0.717) is 41.1 Å². The van der Waals surface area contributed by atoms with Crippen molar-refractivity contribution in [1.82, 2.24) is 30.0 Å². The van der Waals surface area contributed by atoms with Crippen molar-refractivity contribution in [2.75, 3.05) is 6.54 Å². The van der Waals surface area contributed by atoms with E-state index in [-0.39, 0.29) is 5.91 Å². The number of nitrogens with zero attached hydrogens (tertiary/aromatic N) is 5. The predicted molar refractivity (Wildman–Crippen MR) is 102 cm³/mol. The topological polar surface area (TPSA) is 98.7 Å². The molecule has 1 aromatic carbocycles. The van der Waals surface area contributed by atoms with Gasteiger partial charge in [0.1, 0.15) is 12.1 Å². The number of imidazole rings is 1. The molecular formula is C19H15ClN6O2. The number of benzene rings is 1. The van der Waals surface area contributed by atoms with Crippen LogP contribution >= 0.6 is 11.6 Å². The standard InChI is InChI=1S/C19H15ClN6O2/c20-15-3-1-2-13(10-15)18-24-17(28-25-18)5-7-23-19(27)14-4-6-22-16(11-14)26-9-8-21-12-26/h1-4,6,8-12H,5,7H2,(H,23,27). The Morgan fingerprint density at radius 3 is 2.96 bits per heavy atom. The predicted octanol–water partition coefficient (Wildman–Crippen LogP) is 2.94. The average molecular weight is 395 g/mol. The van der Waals surface area contributed by atoms with Crippen molar-refractivity contribution in [1.29, 1.82) is 0 Å². The number of nitrogens with one attached hydrogen (secondary N) is 1. The second-order valence-electron chi connectivity index (χ2n) is 5.90. The second kappa shape index (κ2) is 8.01. The fraction of sp³-hybridized carbons (Fsp3) is 0.105. The molecule has 9 heteroatoms. The van der Waals surface area contributed by atoms with Crippen LogP contribution in [-0.2, 0) is 6.42 Å². The van der Waals surface area contributed by atoms with Gasteiger partial charge in [0.2, 0.25) is 11.7 Å². The summed E-state index contributed by atoms with van der Waals surface area (Å²) < 4.78 is 6.97. The molecule has 0 aliphatic carbocycles. The lowest BCUT2D eigenvalue weighted by molar-refractivity contribution is 0.0953. The zero-order valence-electron chi connectivity index (χ0n) is 14.6. The molecule has 3 aromatic heterocycles. The number of carbonyl (C=O) groups is 1. The van der Waals surface area contributed by atoms with E-state index in [0.717, 1.165) is 5.56 Å². The van der Waals surface area contributed by atoms with Crippen molar-refractivity contribution in [2.24, 2.45) is 0 Å². The van der Waals surface area contributed by atoms with Crippen LogP contribution in [0.15, 0.2) is 65.8 Å². The molecule has 0 bridgehead atoms. The van der Waals surface area contributed by atoms with Crippen molar-refractivity contribution < 1.29 is 9.32 Å². The number of carbonyl (C=O) groups excluding carboxylic acids is 1. The van der Waals surface area contributed by atoms with Gasteiger partial charge in [0.25, 0.3) is 5.91 Å². The first-order chi connectivity index (χ1) is 13.7. The Labute approximate surface area is 165 Å². The smallest absolute Gasteiger partial charge is 0.251 e. The Morgan fingerprint density at radius 2 is 2.14 bits per heavy atom. The second-order valence-corrected chi connectivity index (χ2v) is 6.34. The van der Waals surface area contributed by atoms with Crippen LogP contribution in [0.25, 0.3) is 17.2 Å². The van der Waals surface area contributed by atoms with Crippen LogP contribution in [0.5, 0.6) is 0 Å². The maximum absolute atomic E-state index is 12.4. The molecule has 0 spiro atoms. The maximum atomic E-state index is 12.4. The first kappa shape index (κ1) is 17.9. The van der Waals surface area contributed by atoms with Gasteiger partial charge in [-0.2, -0.15) is 4.98 Å². The minimum atomic E-state index is -0.210. The van der Waals surface area contributed by atoms with Crippen molar-refractivity contribution in [3.63, 3.8) is 0 Å². The highest BCUT2D eigenvalue weighted by Gasteiger charge is 2.11. The van der Waals surface area contributed by atoms with Crippen molar-refractivity contribution in [3.05, 3.63) is 77.8 Å². The summed E-state index contributed by atoms with van der Waals surface area (Å²) in [6.07, 6.45) is 7.03. The van der Waals surface area contributed by atoms with Gasteiger partial charge in [0.05, 0.1) is 0 Å². The maximum Gasteiger partial charge on any atom is 0.251 e. The number of pyridine rings is 1. The van der Waals surface area contributed by atoms with Gasteiger partial charge >= 0.3 is 0 Å². The molecule has 8 nitrogen and oxygen atoms in total. The molecule has 1 N–H and O–H groups in total. The number of hydrogen-bond acceptors (Lipinski definition) is 6.